The molecule has 0 aliphatic rings. The standard InChI is InChI=1S/C31H39NO2S/c33-30(34)25-17-6-4-2-1-3-5-7-18-26-32-35-31(27-19-11-8-12-20-27,28-21-13-9-14-22-28)29-23-15-10-16-24-29/h8-16,19-24,32H,1-7,17-18,25-26H2,(H,33,34). The molecule has 0 saturated heterocycles. The van der Waals surface area contributed by atoms with E-state index in [1.807, 2.05) is 11.9 Å². The van der Waals surface area contributed by atoms with Crippen LogP contribution in [-0.2, 0) is 9.54 Å². The van der Waals surface area contributed by atoms with Crippen molar-refractivity contribution in [3.63, 3.8) is 0 Å². The fraction of sp³-hybridized carbons (Fsp3) is 0.387. The molecule has 0 aliphatic heterocycles. The van der Waals surface area contributed by atoms with Crippen LogP contribution in [-0.4, -0.2) is 17.6 Å². The summed E-state index contributed by atoms with van der Waals surface area (Å²) in [5, 5.41) is 8.69. The zero-order valence-electron chi connectivity index (χ0n) is 20.7. The molecule has 0 amide bonds. The maximum Gasteiger partial charge on any atom is 0.303 e. The van der Waals surface area contributed by atoms with E-state index in [-0.39, 0.29) is 4.75 Å². The predicted molar refractivity (Wildman–Crippen MR) is 149 cm³/mol. The van der Waals surface area contributed by atoms with Gasteiger partial charge in [-0.1, -0.05) is 148 Å². The molecule has 0 unspecified atom stereocenters. The Kier molecular flexibility index (Phi) is 11.9. The number of nitrogens with one attached hydrogen (secondary N) is 1. The van der Waals surface area contributed by atoms with Crippen LogP contribution < -0.4 is 4.72 Å². The Hall–Kier alpha value is -2.56. The van der Waals surface area contributed by atoms with Crippen LogP contribution in [0.2, 0.25) is 0 Å². The second-order valence-electron chi connectivity index (χ2n) is 9.10. The summed E-state index contributed by atoms with van der Waals surface area (Å²) in [5.74, 6) is -0.676. The van der Waals surface area contributed by atoms with E-state index in [9.17, 15) is 4.79 Å². The van der Waals surface area contributed by atoms with Crippen molar-refractivity contribution in [2.75, 3.05) is 6.54 Å². The van der Waals surface area contributed by atoms with E-state index < -0.39 is 5.97 Å². The van der Waals surface area contributed by atoms with Crippen LogP contribution in [0.1, 0.15) is 80.9 Å². The summed E-state index contributed by atoms with van der Waals surface area (Å²) >= 11 is 1.82. The molecule has 3 nitrogen and oxygen atoms in total. The van der Waals surface area contributed by atoms with Gasteiger partial charge in [0.05, 0.1) is 0 Å². The molecule has 35 heavy (non-hydrogen) atoms. The predicted octanol–water partition coefficient (Wildman–Crippen LogP) is 8.20. The Bertz CT molecular complexity index is 866. The van der Waals surface area contributed by atoms with E-state index in [0.717, 1.165) is 25.8 Å². The monoisotopic (exact) mass is 489 g/mol. The van der Waals surface area contributed by atoms with Gasteiger partial charge in [-0.05, 0) is 29.5 Å². The molecule has 0 aliphatic carbocycles. The molecule has 2 N–H and O–H groups in total. The number of hydrogen-bond donors (Lipinski definition) is 2. The first-order valence-electron chi connectivity index (χ1n) is 13.0. The Morgan fingerprint density at radius 3 is 1.37 bits per heavy atom. The highest BCUT2D eigenvalue weighted by molar-refractivity contribution is 7.98. The molecule has 4 heteroatoms. The normalized spacial score (nSPS) is 11.4. The smallest absolute Gasteiger partial charge is 0.303 e. The van der Waals surface area contributed by atoms with E-state index in [0.29, 0.717) is 6.42 Å². The Labute approximate surface area is 215 Å². The summed E-state index contributed by atoms with van der Waals surface area (Å²) in [6.45, 7) is 0.980. The molecule has 0 bridgehead atoms. The summed E-state index contributed by atoms with van der Waals surface area (Å²) in [5.41, 5.74) is 3.83. The van der Waals surface area contributed by atoms with Gasteiger partial charge < -0.3 is 5.11 Å². The minimum Gasteiger partial charge on any atom is -0.481 e. The van der Waals surface area contributed by atoms with E-state index in [4.69, 9.17) is 5.11 Å². The van der Waals surface area contributed by atoms with Crippen LogP contribution in [0.3, 0.4) is 0 Å². The van der Waals surface area contributed by atoms with Crippen molar-refractivity contribution < 1.29 is 9.90 Å². The van der Waals surface area contributed by atoms with Crippen molar-refractivity contribution in [1.82, 2.24) is 4.72 Å². The third-order valence-corrected chi connectivity index (χ3v) is 7.80. The van der Waals surface area contributed by atoms with Gasteiger partial charge in [-0.15, -0.1) is 0 Å². The highest BCUT2D eigenvalue weighted by Gasteiger charge is 2.37. The molecule has 0 spiro atoms. The van der Waals surface area contributed by atoms with Crippen molar-refractivity contribution in [3.05, 3.63) is 108 Å². The molecule has 3 aromatic rings. The number of hydrogen-bond acceptors (Lipinski definition) is 3. The van der Waals surface area contributed by atoms with Gasteiger partial charge in [-0.2, -0.15) is 0 Å². The van der Waals surface area contributed by atoms with Gasteiger partial charge in [0, 0.05) is 13.0 Å². The lowest BCUT2D eigenvalue weighted by Crippen LogP contribution is -2.29. The van der Waals surface area contributed by atoms with Crippen molar-refractivity contribution >= 4 is 17.9 Å². The van der Waals surface area contributed by atoms with Crippen molar-refractivity contribution in [2.24, 2.45) is 0 Å². The SMILES string of the molecule is O=C(O)CCCCCCCCCCCNSC(c1ccccc1)(c1ccccc1)c1ccccc1. The highest BCUT2D eigenvalue weighted by Crippen LogP contribution is 2.46. The van der Waals surface area contributed by atoms with Crippen molar-refractivity contribution in [3.8, 4) is 0 Å². The van der Waals surface area contributed by atoms with Crippen LogP contribution in [0, 0.1) is 0 Å². The summed E-state index contributed by atoms with van der Waals surface area (Å²) in [6.07, 6.45) is 10.7. The zero-order chi connectivity index (χ0) is 24.6. The van der Waals surface area contributed by atoms with Gasteiger partial charge in [0.15, 0.2) is 0 Å². The molecular formula is C31H39NO2S. The first-order valence-corrected chi connectivity index (χ1v) is 13.8. The van der Waals surface area contributed by atoms with E-state index in [2.05, 4.69) is 95.7 Å². The van der Waals surface area contributed by atoms with Gasteiger partial charge >= 0.3 is 5.97 Å². The number of carbonyl (C=O) groups is 1. The minimum atomic E-state index is -0.676. The van der Waals surface area contributed by atoms with Gasteiger partial charge in [-0.25, -0.2) is 0 Å². The molecule has 0 fully saturated rings. The molecule has 3 rings (SSSR count). The van der Waals surface area contributed by atoms with Crippen LogP contribution in [0.5, 0.6) is 0 Å². The molecule has 0 atom stereocenters. The molecule has 0 saturated carbocycles. The largest absolute Gasteiger partial charge is 0.481 e. The zero-order valence-corrected chi connectivity index (χ0v) is 21.5. The van der Waals surface area contributed by atoms with E-state index >= 15 is 0 Å². The van der Waals surface area contributed by atoms with Crippen LogP contribution in [0.4, 0.5) is 0 Å². The third kappa shape index (κ3) is 8.55. The fourth-order valence-corrected chi connectivity index (χ4v) is 5.79. The van der Waals surface area contributed by atoms with Crippen LogP contribution in [0.25, 0.3) is 0 Å². The lowest BCUT2D eigenvalue weighted by Gasteiger charge is -2.35. The van der Waals surface area contributed by atoms with E-state index in [1.165, 1.54) is 55.2 Å². The maximum absolute atomic E-state index is 10.5. The second-order valence-corrected chi connectivity index (χ2v) is 10.2. The second kappa shape index (κ2) is 15.4. The number of carboxylic acids is 1. The molecule has 0 radical (unpaired) electrons. The number of carboxylic acid groups (broad SMARTS) is 1. The molecular weight excluding hydrogens is 450 g/mol. The first kappa shape index (κ1) is 27.0. The number of rotatable bonds is 17. The lowest BCUT2D eigenvalue weighted by atomic mass is 9.84. The Balaban J connectivity index is 1.50. The maximum atomic E-state index is 10.5. The average molecular weight is 490 g/mol. The number of aliphatic carboxylic acids is 1. The third-order valence-electron chi connectivity index (χ3n) is 6.44. The lowest BCUT2D eigenvalue weighted by molar-refractivity contribution is -0.137. The number of unbranched alkanes of at least 4 members (excludes halogenated alkanes) is 8. The summed E-state index contributed by atoms with van der Waals surface area (Å²) in [7, 11) is 0. The Morgan fingerprint density at radius 2 is 0.971 bits per heavy atom. The topological polar surface area (TPSA) is 49.3 Å². The van der Waals surface area contributed by atoms with Gasteiger partial charge in [0.25, 0.3) is 0 Å². The minimum absolute atomic E-state index is 0.311. The van der Waals surface area contributed by atoms with Gasteiger partial charge in [-0.3, -0.25) is 9.52 Å². The molecule has 3 aromatic carbocycles. The summed E-state index contributed by atoms with van der Waals surface area (Å²) in [4.78, 5) is 10.5. The van der Waals surface area contributed by atoms with Crippen molar-refractivity contribution in [1.29, 1.82) is 0 Å². The average Bonchev–Trinajstić information content (AvgIpc) is 2.90. The van der Waals surface area contributed by atoms with Crippen LogP contribution >= 0.6 is 11.9 Å². The van der Waals surface area contributed by atoms with Crippen molar-refractivity contribution in [2.45, 2.75) is 69.0 Å². The van der Waals surface area contributed by atoms with E-state index in [1.54, 1.807) is 0 Å². The van der Waals surface area contributed by atoms with Crippen LogP contribution in [0.15, 0.2) is 91.0 Å². The molecule has 0 heterocycles. The Morgan fingerprint density at radius 1 is 0.600 bits per heavy atom. The summed E-state index contributed by atoms with van der Waals surface area (Å²) < 4.78 is 3.41. The summed E-state index contributed by atoms with van der Waals surface area (Å²) in [6, 6.07) is 32.4. The highest BCUT2D eigenvalue weighted by atomic mass is 32.2. The molecule has 186 valence electrons. The first-order chi connectivity index (χ1) is 17.2. The quantitative estimate of drug-likeness (QED) is 0.114. The number of benzene rings is 3. The van der Waals surface area contributed by atoms with Gasteiger partial charge in [0.2, 0.25) is 0 Å². The van der Waals surface area contributed by atoms with Gasteiger partial charge in [0.1, 0.15) is 4.75 Å². The fourth-order valence-electron chi connectivity index (χ4n) is 4.57. The molecule has 0 aromatic heterocycles.